The lowest BCUT2D eigenvalue weighted by Crippen LogP contribution is -2.31. The molecule has 0 aromatic heterocycles. The molecule has 0 saturated heterocycles. The van der Waals surface area contributed by atoms with Gasteiger partial charge in [0.2, 0.25) is 5.91 Å². The minimum Gasteiger partial charge on any atom is -0.389 e. The number of nitrogens with one attached hydrogen (secondary N) is 2. The number of benzene rings is 1. The number of aliphatic hydroxyl groups excluding tert-OH is 1. The van der Waals surface area contributed by atoms with Crippen molar-refractivity contribution in [2.75, 3.05) is 13.6 Å². The maximum Gasteiger partial charge on any atom is 0.234 e. The molecule has 1 aromatic rings. The second-order valence-corrected chi connectivity index (χ2v) is 3.72. The molecule has 1 unspecified atom stereocenters. The molecule has 3 N–H and O–H groups in total. The Balaban J connectivity index is 0.00000256. The molecule has 0 saturated carbocycles. The van der Waals surface area contributed by atoms with Crippen molar-refractivity contribution >= 4 is 18.3 Å². The lowest BCUT2D eigenvalue weighted by Gasteiger charge is -2.07. The Morgan fingerprint density at radius 2 is 1.94 bits per heavy atom. The monoisotopic (exact) mass is 258 g/mol. The number of hydrogen-bond acceptors (Lipinski definition) is 3. The molecule has 0 aliphatic carbocycles. The molecule has 1 rings (SSSR count). The summed E-state index contributed by atoms with van der Waals surface area (Å²) in [6.45, 7) is 2.57. The second kappa shape index (κ2) is 8.06. The van der Waals surface area contributed by atoms with Crippen LogP contribution >= 0.6 is 12.4 Å². The van der Waals surface area contributed by atoms with Gasteiger partial charge in [0.25, 0.3) is 0 Å². The lowest BCUT2D eigenvalue weighted by molar-refractivity contribution is -0.120. The third-order valence-electron chi connectivity index (χ3n) is 2.29. The van der Waals surface area contributed by atoms with E-state index >= 15 is 0 Å². The van der Waals surface area contributed by atoms with E-state index in [0.29, 0.717) is 13.1 Å². The van der Waals surface area contributed by atoms with Crippen molar-refractivity contribution in [3.8, 4) is 0 Å². The van der Waals surface area contributed by atoms with Gasteiger partial charge in [-0.05, 0) is 25.1 Å². The van der Waals surface area contributed by atoms with Crippen LogP contribution in [0.1, 0.15) is 24.2 Å². The molecule has 0 bridgehead atoms. The summed E-state index contributed by atoms with van der Waals surface area (Å²) in [5, 5.41) is 14.9. The molecule has 0 radical (unpaired) electrons. The highest BCUT2D eigenvalue weighted by Gasteiger charge is 2.01. The van der Waals surface area contributed by atoms with Crippen molar-refractivity contribution in [2.45, 2.75) is 19.6 Å². The summed E-state index contributed by atoms with van der Waals surface area (Å²) in [5.74, 6) is -0.0258. The van der Waals surface area contributed by atoms with Gasteiger partial charge in [-0.2, -0.15) is 0 Å². The van der Waals surface area contributed by atoms with Gasteiger partial charge in [0.15, 0.2) is 0 Å². The van der Waals surface area contributed by atoms with Crippen LogP contribution in [0.5, 0.6) is 0 Å². The quantitative estimate of drug-likeness (QED) is 0.738. The number of likely N-dealkylation sites (N-methyl/N-ethyl adjacent to an activating group) is 1. The van der Waals surface area contributed by atoms with E-state index in [2.05, 4.69) is 10.6 Å². The third-order valence-corrected chi connectivity index (χ3v) is 2.29. The van der Waals surface area contributed by atoms with Crippen LogP contribution in [0.4, 0.5) is 0 Å². The van der Waals surface area contributed by atoms with E-state index in [1.807, 2.05) is 24.3 Å². The standard InChI is InChI=1S/C12H18N2O2.ClH/c1-9(15)11-5-3-10(4-6-11)7-14-12(16)8-13-2;/h3-6,9,13,15H,7-8H2,1-2H3,(H,14,16);1H. The largest absolute Gasteiger partial charge is 0.389 e. The van der Waals surface area contributed by atoms with Crippen LogP contribution in [0.2, 0.25) is 0 Å². The van der Waals surface area contributed by atoms with Gasteiger partial charge in [0, 0.05) is 6.54 Å². The van der Waals surface area contributed by atoms with Gasteiger partial charge < -0.3 is 15.7 Å². The Labute approximate surface area is 108 Å². The van der Waals surface area contributed by atoms with Gasteiger partial charge in [0.1, 0.15) is 0 Å². The number of aliphatic hydroxyl groups is 1. The molecule has 0 aliphatic rings. The first-order valence-corrected chi connectivity index (χ1v) is 5.31. The molecular formula is C12H19ClN2O2. The normalized spacial score (nSPS) is 11.5. The fraction of sp³-hybridized carbons (Fsp3) is 0.417. The van der Waals surface area contributed by atoms with E-state index < -0.39 is 6.10 Å². The summed E-state index contributed by atoms with van der Waals surface area (Å²) < 4.78 is 0. The first kappa shape index (κ1) is 15.9. The van der Waals surface area contributed by atoms with E-state index in [0.717, 1.165) is 11.1 Å². The summed E-state index contributed by atoms with van der Waals surface area (Å²) in [6, 6.07) is 7.54. The Morgan fingerprint density at radius 1 is 1.35 bits per heavy atom. The predicted molar refractivity (Wildman–Crippen MR) is 70.1 cm³/mol. The van der Waals surface area contributed by atoms with Gasteiger partial charge in [-0.1, -0.05) is 24.3 Å². The van der Waals surface area contributed by atoms with Crippen molar-refractivity contribution < 1.29 is 9.90 Å². The van der Waals surface area contributed by atoms with Crippen LogP contribution in [0, 0.1) is 0 Å². The first-order chi connectivity index (χ1) is 7.63. The molecule has 0 spiro atoms. The van der Waals surface area contributed by atoms with Crippen LogP contribution in [-0.4, -0.2) is 24.6 Å². The van der Waals surface area contributed by atoms with E-state index in [4.69, 9.17) is 0 Å². The number of rotatable bonds is 5. The van der Waals surface area contributed by atoms with Crippen molar-refractivity contribution in [2.24, 2.45) is 0 Å². The molecule has 17 heavy (non-hydrogen) atoms. The zero-order chi connectivity index (χ0) is 12.0. The number of amides is 1. The first-order valence-electron chi connectivity index (χ1n) is 5.31. The molecule has 0 aliphatic heterocycles. The molecule has 1 aromatic carbocycles. The minimum absolute atomic E-state index is 0. The van der Waals surface area contributed by atoms with E-state index in [-0.39, 0.29) is 18.3 Å². The molecule has 0 heterocycles. The zero-order valence-electron chi connectivity index (χ0n) is 10.1. The summed E-state index contributed by atoms with van der Waals surface area (Å²) in [7, 11) is 1.73. The number of hydrogen-bond donors (Lipinski definition) is 3. The van der Waals surface area contributed by atoms with Gasteiger partial charge in [-0.25, -0.2) is 0 Å². The maximum absolute atomic E-state index is 11.2. The van der Waals surface area contributed by atoms with Crippen LogP contribution < -0.4 is 10.6 Å². The van der Waals surface area contributed by atoms with Gasteiger partial charge in [-0.15, -0.1) is 12.4 Å². The lowest BCUT2D eigenvalue weighted by atomic mass is 10.1. The Hall–Kier alpha value is -1.10. The number of halogens is 1. The highest BCUT2D eigenvalue weighted by Crippen LogP contribution is 2.12. The minimum atomic E-state index is -0.451. The molecule has 96 valence electrons. The van der Waals surface area contributed by atoms with Crippen molar-refractivity contribution in [1.29, 1.82) is 0 Å². The van der Waals surface area contributed by atoms with Gasteiger partial charge in [-0.3, -0.25) is 4.79 Å². The van der Waals surface area contributed by atoms with Gasteiger partial charge in [0.05, 0.1) is 12.6 Å². The van der Waals surface area contributed by atoms with Gasteiger partial charge >= 0.3 is 0 Å². The fourth-order valence-corrected chi connectivity index (χ4v) is 1.34. The number of carbonyl (C=O) groups excluding carboxylic acids is 1. The third kappa shape index (κ3) is 5.68. The van der Waals surface area contributed by atoms with E-state index in [9.17, 15) is 9.90 Å². The molecule has 0 fully saturated rings. The molecular weight excluding hydrogens is 240 g/mol. The molecule has 1 atom stereocenters. The summed E-state index contributed by atoms with van der Waals surface area (Å²) in [5.41, 5.74) is 1.90. The molecule has 4 nitrogen and oxygen atoms in total. The van der Waals surface area contributed by atoms with Crippen LogP contribution in [0.3, 0.4) is 0 Å². The van der Waals surface area contributed by atoms with Crippen LogP contribution in [-0.2, 0) is 11.3 Å². The zero-order valence-corrected chi connectivity index (χ0v) is 10.9. The molecule has 5 heteroatoms. The second-order valence-electron chi connectivity index (χ2n) is 3.72. The topological polar surface area (TPSA) is 61.4 Å². The summed E-state index contributed by atoms with van der Waals surface area (Å²) in [4.78, 5) is 11.2. The maximum atomic E-state index is 11.2. The Kier molecular flexibility index (Phi) is 7.54. The van der Waals surface area contributed by atoms with E-state index in [1.54, 1.807) is 14.0 Å². The average molecular weight is 259 g/mol. The van der Waals surface area contributed by atoms with Crippen molar-refractivity contribution in [3.05, 3.63) is 35.4 Å². The Morgan fingerprint density at radius 3 is 2.41 bits per heavy atom. The fourth-order valence-electron chi connectivity index (χ4n) is 1.34. The highest BCUT2D eigenvalue weighted by atomic mass is 35.5. The smallest absolute Gasteiger partial charge is 0.234 e. The van der Waals surface area contributed by atoms with Crippen molar-refractivity contribution in [1.82, 2.24) is 10.6 Å². The van der Waals surface area contributed by atoms with E-state index in [1.165, 1.54) is 0 Å². The van der Waals surface area contributed by atoms with Crippen LogP contribution in [0.25, 0.3) is 0 Å². The Bertz CT molecular complexity index is 339. The highest BCUT2D eigenvalue weighted by molar-refractivity contribution is 5.85. The SMILES string of the molecule is CNCC(=O)NCc1ccc(C(C)O)cc1.Cl. The summed E-state index contributed by atoms with van der Waals surface area (Å²) in [6.07, 6.45) is -0.451. The average Bonchev–Trinajstić information content (AvgIpc) is 2.27. The van der Waals surface area contributed by atoms with Crippen LogP contribution in [0.15, 0.2) is 24.3 Å². The summed E-state index contributed by atoms with van der Waals surface area (Å²) >= 11 is 0. The predicted octanol–water partition coefficient (Wildman–Crippen LogP) is 0.997. The molecule has 1 amide bonds. The van der Waals surface area contributed by atoms with Crippen molar-refractivity contribution in [3.63, 3.8) is 0 Å². The number of carbonyl (C=O) groups is 1.